The number of rotatable bonds is 5. The molecule has 1 aromatic carbocycles. The Balaban J connectivity index is 1.66. The minimum absolute atomic E-state index is 0.0342. The van der Waals surface area contributed by atoms with Crippen LogP contribution in [0.5, 0.6) is 5.75 Å². The van der Waals surface area contributed by atoms with E-state index in [-0.39, 0.29) is 12.5 Å². The van der Waals surface area contributed by atoms with E-state index in [0.29, 0.717) is 18.7 Å². The number of hydrogen-bond acceptors (Lipinski definition) is 3. The summed E-state index contributed by atoms with van der Waals surface area (Å²) in [6.07, 6.45) is 3.68. The van der Waals surface area contributed by atoms with E-state index in [0.717, 1.165) is 11.1 Å². The molecule has 1 amide bonds. The summed E-state index contributed by atoms with van der Waals surface area (Å²) in [7, 11) is 0. The molecule has 0 radical (unpaired) electrons. The van der Waals surface area contributed by atoms with E-state index in [2.05, 4.69) is 22.1 Å². The van der Waals surface area contributed by atoms with E-state index in [1.165, 1.54) is 0 Å². The molecule has 0 saturated heterocycles. The van der Waals surface area contributed by atoms with Crippen LogP contribution < -0.4 is 10.1 Å². The summed E-state index contributed by atoms with van der Waals surface area (Å²) in [6.45, 7) is 2.61. The molecule has 2 rings (SSSR count). The average molecular weight is 294 g/mol. The molecular weight excluding hydrogens is 276 g/mol. The summed E-state index contributed by atoms with van der Waals surface area (Å²) in [5, 5.41) is 2.77. The quantitative estimate of drug-likeness (QED) is 0.860. The molecule has 1 aromatic heterocycles. The van der Waals surface area contributed by atoms with Crippen LogP contribution in [0, 0.1) is 18.8 Å². The molecule has 0 aliphatic heterocycles. The van der Waals surface area contributed by atoms with Gasteiger partial charge in [0, 0.05) is 6.20 Å². The zero-order chi connectivity index (χ0) is 15.6. The fourth-order valence-electron chi connectivity index (χ4n) is 1.88. The zero-order valence-electron chi connectivity index (χ0n) is 12.5. The van der Waals surface area contributed by atoms with Crippen LogP contribution in [0.4, 0.5) is 0 Å². The average Bonchev–Trinajstić information content (AvgIpc) is 2.52. The maximum atomic E-state index is 11.8. The lowest BCUT2D eigenvalue weighted by atomic mass is 10.1. The smallest absolute Gasteiger partial charge is 0.225 e. The number of nitrogens with one attached hydrogen (secondary N) is 1. The van der Waals surface area contributed by atoms with Gasteiger partial charge in [-0.25, -0.2) is 0 Å². The van der Waals surface area contributed by atoms with Gasteiger partial charge in [-0.15, -0.1) is 0 Å². The summed E-state index contributed by atoms with van der Waals surface area (Å²) in [5.41, 5.74) is 2.16. The van der Waals surface area contributed by atoms with Crippen molar-refractivity contribution in [3.8, 4) is 17.6 Å². The monoisotopic (exact) mass is 294 g/mol. The van der Waals surface area contributed by atoms with Crippen molar-refractivity contribution < 1.29 is 9.53 Å². The Morgan fingerprint density at radius 1 is 1.27 bits per heavy atom. The Morgan fingerprint density at radius 2 is 2.18 bits per heavy atom. The summed E-state index contributed by atoms with van der Waals surface area (Å²) in [5.74, 6) is 6.35. The van der Waals surface area contributed by atoms with Crippen LogP contribution in [0.25, 0.3) is 0 Å². The first-order valence-electron chi connectivity index (χ1n) is 7.05. The predicted octanol–water partition coefficient (Wildman–Crippen LogP) is 2.13. The van der Waals surface area contributed by atoms with Crippen molar-refractivity contribution in [2.45, 2.75) is 13.3 Å². The number of carbonyl (C=O) groups is 1. The topological polar surface area (TPSA) is 51.2 Å². The minimum atomic E-state index is -0.0342. The predicted molar refractivity (Wildman–Crippen MR) is 85.4 cm³/mol. The molecule has 112 valence electrons. The Labute approximate surface area is 130 Å². The molecule has 1 N–H and O–H groups in total. The summed E-state index contributed by atoms with van der Waals surface area (Å²) < 4.78 is 5.37. The first-order valence-corrected chi connectivity index (χ1v) is 7.05. The molecule has 4 nitrogen and oxygen atoms in total. The van der Waals surface area contributed by atoms with Crippen molar-refractivity contribution in [2.75, 3.05) is 13.2 Å². The summed E-state index contributed by atoms with van der Waals surface area (Å²) >= 11 is 0. The summed E-state index contributed by atoms with van der Waals surface area (Å²) in [6, 6.07) is 11.5. The molecule has 0 atom stereocenters. The molecule has 22 heavy (non-hydrogen) atoms. The van der Waals surface area contributed by atoms with Crippen molar-refractivity contribution in [1.82, 2.24) is 10.3 Å². The van der Waals surface area contributed by atoms with Gasteiger partial charge in [-0.2, -0.15) is 0 Å². The van der Waals surface area contributed by atoms with Crippen LogP contribution in [0.3, 0.4) is 0 Å². The number of aromatic nitrogens is 1. The molecule has 0 spiro atoms. The van der Waals surface area contributed by atoms with Gasteiger partial charge >= 0.3 is 0 Å². The van der Waals surface area contributed by atoms with E-state index in [1.807, 2.05) is 37.3 Å². The number of carbonyl (C=O) groups excluding carboxylic acids is 1. The van der Waals surface area contributed by atoms with Crippen molar-refractivity contribution in [3.05, 3.63) is 59.9 Å². The third-order valence-electron chi connectivity index (χ3n) is 2.89. The van der Waals surface area contributed by atoms with E-state index in [1.54, 1.807) is 18.5 Å². The lowest BCUT2D eigenvalue weighted by Crippen LogP contribution is -2.25. The highest BCUT2D eigenvalue weighted by atomic mass is 16.5. The Hall–Kier alpha value is -2.80. The van der Waals surface area contributed by atoms with Crippen LogP contribution in [0.1, 0.15) is 11.1 Å². The minimum Gasteiger partial charge on any atom is -0.479 e. The van der Waals surface area contributed by atoms with Gasteiger partial charge < -0.3 is 10.1 Å². The summed E-state index contributed by atoms with van der Waals surface area (Å²) in [4.78, 5) is 15.7. The van der Waals surface area contributed by atoms with Gasteiger partial charge in [0.2, 0.25) is 5.91 Å². The molecule has 0 unspecified atom stereocenters. The van der Waals surface area contributed by atoms with Gasteiger partial charge in [0.25, 0.3) is 0 Å². The second kappa shape index (κ2) is 8.48. The van der Waals surface area contributed by atoms with E-state index in [9.17, 15) is 4.79 Å². The molecule has 0 saturated carbocycles. The molecule has 0 aliphatic rings. The van der Waals surface area contributed by atoms with Gasteiger partial charge in [0.15, 0.2) is 0 Å². The van der Waals surface area contributed by atoms with Crippen molar-refractivity contribution in [2.24, 2.45) is 0 Å². The number of aryl methyl sites for hydroxylation is 1. The molecule has 0 fully saturated rings. The van der Waals surface area contributed by atoms with Crippen molar-refractivity contribution in [3.63, 3.8) is 0 Å². The van der Waals surface area contributed by atoms with E-state index in [4.69, 9.17) is 4.74 Å². The second-order valence-electron chi connectivity index (χ2n) is 4.77. The van der Waals surface area contributed by atoms with Crippen LogP contribution in [0.15, 0.2) is 48.8 Å². The lowest BCUT2D eigenvalue weighted by Gasteiger charge is -2.03. The normalized spacial score (nSPS) is 9.50. The largest absolute Gasteiger partial charge is 0.479 e. The van der Waals surface area contributed by atoms with Gasteiger partial charge in [-0.1, -0.05) is 41.7 Å². The van der Waals surface area contributed by atoms with E-state index < -0.39 is 0 Å². The molecule has 4 heteroatoms. The molecule has 0 aliphatic carbocycles. The zero-order valence-corrected chi connectivity index (χ0v) is 12.5. The number of hydrogen-bond donors (Lipinski definition) is 1. The molecular formula is C18H18N2O2. The van der Waals surface area contributed by atoms with Gasteiger partial charge in [0.1, 0.15) is 12.4 Å². The first-order chi connectivity index (χ1) is 10.7. The Bertz CT molecular complexity index is 672. The first kappa shape index (κ1) is 15.6. The van der Waals surface area contributed by atoms with Crippen LogP contribution in [0.2, 0.25) is 0 Å². The van der Waals surface area contributed by atoms with Gasteiger partial charge in [0.05, 0.1) is 19.2 Å². The highest BCUT2D eigenvalue weighted by Crippen LogP contribution is 2.05. The number of ether oxygens (including phenoxy) is 1. The SMILES string of the molecule is Cc1cccc(CC(=O)NCC#CCOc2cccnc2)c1. The lowest BCUT2D eigenvalue weighted by molar-refractivity contribution is -0.120. The van der Waals surface area contributed by atoms with Crippen molar-refractivity contribution >= 4 is 5.91 Å². The van der Waals surface area contributed by atoms with Gasteiger partial charge in [-0.3, -0.25) is 9.78 Å². The van der Waals surface area contributed by atoms with E-state index >= 15 is 0 Å². The number of pyridine rings is 1. The third-order valence-corrected chi connectivity index (χ3v) is 2.89. The standard InChI is InChI=1S/C18H18N2O2/c1-15-6-4-7-16(12-15)13-18(21)20-10-2-3-11-22-17-8-5-9-19-14-17/h4-9,12,14H,10-11,13H2,1H3,(H,20,21). The highest BCUT2D eigenvalue weighted by molar-refractivity contribution is 5.78. The Kier molecular flexibility index (Phi) is 6.01. The van der Waals surface area contributed by atoms with Crippen molar-refractivity contribution in [1.29, 1.82) is 0 Å². The maximum Gasteiger partial charge on any atom is 0.225 e. The number of benzene rings is 1. The highest BCUT2D eigenvalue weighted by Gasteiger charge is 2.01. The van der Waals surface area contributed by atoms with Crippen LogP contribution in [-0.4, -0.2) is 24.0 Å². The number of nitrogens with zero attached hydrogens (tertiary/aromatic N) is 1. The third kappa shape index (κ3) is 5.68. The van der Waals surface area contributed by atoms with Gasteiger partial charge in [-0.05, 0) is 24.6 Å². The maximum absolute atomic E-state index is 11.8. The second-order valence-corrected chi connectivity index (χ2v) is 4.77. The number of amides is 1. The molecule has 2 aromatic rings. The van der Waals surface area contributed by atoms with Crippen LogP contribution >= 0.6 is 0 Å². The molecule has 0 bridgehead atoms. The fraction of sp³-hybridized carbons (Fsp3) is 0.222. The van der Waals surface area contributed by atoms with Crippen LogP contribution in [-0.2, 0) is 11.2 Å². The Morgan fingerprint density at radius 3 is 2.95 bits per heavy atom. The molecule has 1 heterocycles. The fourth-order valence-corrected chi connectivity index (χ4v) is 1.88.